The molecule has 5 rings (SSSR count). The first-order valence-corrected chi connectivity index (χ1v) is 11.1. The highest BCUT2D eigenvalue weighted by atomic mass is 35.5. The Kier molecular flexibility index (Phi) is 6.30. The molecule has 0 bridgehead atoms. The van der Waals surface area contributed by atoms with Gasteiger partial charge in [0.15, 0.2) is 5.82 Å². The van der Waals surface area contributed by atoms with Gasteiger partial charge in [0.1, 0.15) is 24.9 Å². The molecule has 0 spiro atoms. The van der Waals surface area contributed by atoms with Crippen molar-refractivity contribution >= 4 is 29.2 Å². The maximum absolute atomic E-state index is 12.8. The van der Waals surface area contributed by atoms with Gasteiger partial charge >= 0.3 is 11.9 Å². The molecule has 0 amide bonds. The first kappa shape index (κ1) is 22.8. The topological polar surface area (TPSA) is 125 Å². The van der Waals surface area contributed by atoms with Crippen molar-refractivity contribution in [1.29, 1.82) is 0 Å². The standard InChI is InChI=1S/C24H19ClN4O6/c25-16-8-6-15(7-9-16)24(32)35-17-12-18(20-27-28-21-22(30)26-10-11-29(20)21)34-19(17)13-33-23(31)14-4-2-1-3-5-14/h1-11,17-19H,12-13H2,(H,26,30)/t17-,18?,19?/m1/s1. The Balaban J connectivity index is 1.37. The van der Waals surface area contributed by atoms with Crippen LogP contribution in [-0.4, -0.2) is 50.3 Å². The number of rotatable bonds is 6. The van der Waals surface area contributed by atoms with Gasteiger partial charge in [-0.15, -0.1) is 10.2 Å². The minimum absolute atomic E-state index is 0.111. The van der Waals surface area contributed by atoms with E-state index in [1.54, 1.807) is 60.8 Å². The third-order valence-corrected chi connectivity index (χ3v) is 5.83. The predicted molar refractivity (Wildman–Crippen MR) is 123 cm³/mol. The van der Waals surface area contributed by atoms with E-state index < -0.39 is 35.8 Å². The van der Waals surface area contributed by atoms with E-state index in [4.69, 9.17) is 25.8 Å². The first-order chi connectivity index (χ1) is 17.0. The van der Waals surface area contributed by atoms with Gasteiger partial charge < -0.3 is 19.2 Å². The van der Waals surface area contributed by atoms with Gasteiger partial charge in [-0.3, -0.25) is 9.20 Å². The third-order valence-electron chi connectivity index (χ3n) is 5.58. The van der Waals surface area contributed by atoms with Crippen molar-refractivity contribution in [2.45, 2.75) is 24.7 Å². The van der Waals surface area contributed by atoms with E-state index in [2.05, 4.69) is 15.2 Å². The van der Waals surface area contributed by atoms with Crippen LogP contribution in [-0.2, 0) is 14.2 Å². The fraction of sp³-hybridized carbons (Fsp3) is 0.208. The molecule has 2 unspecified atom stereocenters. The first-order valence-electron chi connectivity index (χ1n) is 10.8. The van der Waals surface area contributed by atoms with Crippen molar-refractivity contribution in [2.24, 2.45) is 0 Å². The molecule has 4 aromatic rings. The molecule has 1 aliphatic heterocycles. The van der Waals surface area contributed by atoms with Crippen molar-refractivity contribution in [3.05, 3.63) is 99.3 Å². The number of aromatic nitrogens is 4. The molecule has 1 saturated heterocycles. The highest BCUT2D eigenvalue weighted by molar-refractivity contribution is 6.30. The van der Waals surface area contributed by atoms with Crippen molar-refractivity contribution in [3.63, 3.8) is 0 Å². The minimum Gasteiger partial charge on any atom is -0.459 e. The van der Waals surface area contributed by atoms with Gasteiger partial charge in [-0.05, 0) is 36.4 Å². The molecule has 3 atom stereocenters. The minimum atomic E-state index is -0.766. The lowest BCUT2D eigenvalue weighted by molar-refractivity contribution is -0.0441. The quantitative estimate of drug-likeness (QED) is 0.405. The summed E-state index contributed by atoms with van der Waals surface area (Å²) in [5, 5.41) is 8.52. The molecule has 0 saturated carbocycles. The molecule has 0 radical (unpaired) electrons. The number of esters is 2. The second kappa shape index (κ2) is 9.69. The lowest BCUT2D eigenvalue weighted by atomic mass is 10.1. The van der Waals surface area contributed by atoms with Gasteiger partial charge in [0.2, 0.25) is 5.65 Å². The Morgan fingerprint density at radius 2 is 1.80 bits per heavy atom. The lowest BCUT2D eigenvalue weighted by Gasteiger charge is -2.19. The van der Waals surface area contributed by atoms with E-state index in [0.717, 1.165) is 0 Å². The SMILES string of the molecule is O=C(OCC1OC(c2nnc3c(=O)[nH]ccn23)C[C@H]1OC(=O)c1ccc(Cl)cc1)c1ccccc1. The van der Waals surface area contributed by atoms with Crippen LogP contribution in [0.4, 0.5) is 0 Å². The summed E-state index contributed by atoms with van der Waals surface area (Å²) in [5.41, 5.74) is 0.417. The van der Waals surface area contributed by atoms with Crippen molar-refractivity contribution in [1.82, 2.24) is 19.6 Å². The molecule has 3 heterocycles. The number of benzene rings is 2. The predicted octanol–water partition coefficient (Wildman–Crippen LogP) is 2.98. The number of hydrogen-bond donors (Lipinski definition) is 1. The van der Waals surface area contributed by atoms with Gasteiger partial charge in [0.05, 0.1) is 11.1 Å². The van der Waals surface area contributed by atoms with Crippen LogP contribution in [0.3, 0.4) is 0 Å². The molecule has 1 fully saturated rings. The number of H-pyrrole nitrogens is 1. The van der Waals surface area contributed by atoms with Crippen molar-refractivity contribution in [2.75, 3.05) is 6.61 Å². The molecule has 178 valence electrons. The number of carbonyl (C=O) groups is 2. The van der Waals surface area contributed by atoms with E-state index in [1.165, 1.54) is 10.6 Å². The molecule has 2 aromatic heterocycles. The maximum atomic E-state index is 12.8. The van der Waals surface area contributed by atoms with Crippen LogP contribution in [0.25, 0.3) is 5.65 Å². The van der Waals surface area contributed by atoms with E-state index in [1.807, 2.05) is 0 Å². The Morgan fingerprint density at radius 1 is 1.06 bits per heavy atom. The summed E-state index contributed by atoms with van der Waals surface area (Å²) in [6.45, 7) is -0.153. The lowest BCUT2D eigenvalue weighted by Crippen LogP contribution is -2.32. The molecular formula is C24H19ClN4O6. The Labute approximate surface area is 203 Å². The van der Waals surface area contributed by atoms with Gasteiger partial charge in [-0.2, -0.15) is 0 Å². The van der Waals surface area contributed by atoms with Crippen molar-refractivity contribution < 1.29 is 23.8 Å². The fourth-order valence-corrected chi connectivity index (χ4v) is 3.96. The van der Waals surface area contributed by atoms with Crippen LogP contribution in [0.15, 0.2) is 71.8 Å². The van der Waals surface area contributed by atoms with Crippen LogP contribution in [0.5, 0.6) is 0 Å². The van der Waals surface area contributed by atoms with E-state index in [0.29, 0.717) is 22.0 Å². The zero-order valence-electron chi connectivity index (χ0n) is 18.2. The van der Waals surface area contributed by atoms with Gasteiger partial charge in [0, 0.05) is 23.8 Å². The van der Waals surface area contributed by atoms with Crippen LogP contribution in [0.1, 0.15) is 39.1 Å². The second-order valence-corrected chi connectivity index (χ2v) is 8.29. The van der Waals surface area contributed by atoms with E-state index in [9.17, 15) is 14.4 Å². The van der Waals surface area contributed by atoms with Crippen molar-refractivity contribution in [3.8, 4) is 0 Å². The van der Waals surface area contributed by atoms with Crippen LogP contribution >= 0.6 is 11.6 Å². The molecule has 1 N–H and O–H groups in total. The van der Waals surface area contributed by atoms with E-state index >= 15 is 0 Å². The summed E-state index contributed by atoms with van der Waals surface area (Å²) in [6.07, 6.45) is 1.12. The monoisotopic (exact) mass is 494 g/mol. The highest BCUT2D eigenvalue weighted by Gasteiger charge is 2.41. The molecule has 10 nitrogen and oxygen atoms in total. The summed E-state index contributed by atoms with van der Waals surface area (Å²) in [5.74, 6) is -0.728. The largest absolute Gasteiger partial charge is 0.459 e. The van der Waals surface area contributed by atoms with Crippen LogP contribution < -0.4 is 5.56 Å². The van der Waals surface area contributed by atoms with Gasteiger partial charge in [0.25, 0.3) is 5.56 Å². The van der Waals surface area contributed by atoms with Gasteiger partial charge in [-0.1, -0.05) is 29.8 Å². The fourth-order valence-electron chi connectivity index (χ4n) is 3.84. The molecular weight excluding hydrogens is 476 g/mol. The number of nitrogens with zero attached hydrogens (tertiary/aromatic N) is 3. The van der Waals surface area contributed by atoms with Crippen LogP contribution in [0.2, 0.25) is 5.02 Å². The summed E-state index contributed by atoms with van der Waals surface area (Å²) in [4.78, 5) is 39.8. The Morgan fingerprint density at radius 3 is 2.57 bits per heavy atom. The molecule has 1 aliphatic rings. The molecule has 2 aromatic carbocycles. The summed E-state index contributed by atoms with van der Waals surface area (Å²) in [7, 11) is 0. The number of ether oxygens (including phenoxy) is 3. The smallest absolute Gasteiger partial charge is 0.338 e. The normalized spacial score (nSPS) is 19.5. The third kappa shape index (κ3) is 4.79. The van der Waals surface area contributed by atoms with E-state index in [-0.39, 0.29) is 18.7 Å². The van der Waals surface area contributed by atoms with Gasteiger partial charge in [-0.25, -0.2) is 9.59 Å². The molecule has 35 heavy (non-hydrogen) atoms. The number of nitrogens with one attached hydrogen (secondary N) is 1. The maximum Gasteiger partial charge on any atom is 0.338 e. The summed E-state index contributed by atoms with van der Waals surface area (Å²) in [6, 6.07) is 14.8. The van der Waals surface area contributed by atoms with Crippen LogP contribution in [0, 0.1) is 0 Å². The summed E-state index contributed by atoms with van der Waals surface area (Å²) < 4.78 is 18.8. The zero-order valence-corrected chi connectivity index (χ0v) is 18.9. The average molecular weight is 495 g/mol. The number of carbonyl (C=O) groups excluding carboxylic acids is 2. The molecule has 0 aliphatic carbocycles. The summed E-state index contributed by atoms with van der Waals surface area (Å²) >= 11 is 5.91. The second-order valence-electron chi connectivity index (χ2n) is 7.86. The Hall–Kier alpha value is -4.02. The number of hydrogen-bond acceptors (Lipinski definition) is 8. The zero-order chi connectivity index (χ0) is 24.4. The highest BCUT2D eigenvalue weighted by Crippen LogP contribution is 2.34. The average Bonchev–Trinajstić information content (AvgIpc) is 3.48. The number of fused-ring (bicyclic) bond motifs is 1. The Bertz CT molecular complexity index is 1420. The molecule has 11 heteroatoms. The number of aromatic amines is 1. The number of halogens is 1.